The van der Waals surface area contributed by atoms with Crippen molar-refractivity contribution in [1.29, 1.82) is 0 Å². The fourth-order valence-corrected chi connectivity index (χ4v) is 8.40. The summed E-state index contributed by atoms with van der Waals surface area (Å²) in [5.41, 5.74) is 4.15. The number of ether oxygens (including phenoxy) is 10. The van der Waals surface area contributed by atoms with E-state index in [1.165, 1.54) is 0 Å². The van der Waals surface area contributed by atoms with E-state index in [2.05, 4.69) is 0 Å². The Balaban J connectivity index is 1.19. The van der Waals surface area contributed by atoms with Crippen LogP contribution in [0.1, 0.15) is 56.8 Å². The van der Waals surface area contributed by atoms with Gasteiger partial charge in [-0.3, -0.25) is 0 Å². The lowest BCUT2D eigenvalue weighted by molar-refractivity contribution is -0.370. The maximum atomic E-state index is 14.2. The van der Waals surface area contributed by atoms with Crippen LogP contribution in [0.25, 0.3) is 0 Å². The number of rotatable bonds is 23. The van der Waals surface area contributed by atoms with E-state index in [-0.39, 0.29) is 52.2 Å². The third kappa shape index (κ3) is 14.7. The van der Waals surface area contributed by atoms with Crippen LogP contribution in [0.5, 0.6) is 0 Å². The van der Waals surface area contributed by atoms with Crippen molar-refractivity contribution in [3.05, 3.63) is 215 Å². The summed E-state index contributed by atoms with van der Waals surface area (Å²) < 4.78 is 66.3. The molecule has 6 aromatic rings. The minimum Gasteiger partial charge on any atom is -0.459 e. The molecule has 1 N–H and O–H groups in total. The van der Waals surface area contributed by atoms with E-state index in [0.29, 0.717) is 11.1 Å². The Morgan fingerprint density at radius 2 is 0.887 bits per heavy atom. The molecule has 2 heterocycles. The van der Waals surface area contributed by atoms with Crippen LogP contribution < -0.4 is 0 Å². The van der Waals surface area contributed by atoms with Crippen molar-refractivity contribution >= 4 is 11.9 Å². The second-order valence-electron chi connectivity index (χ2n) is 17.9. The van der Waals surface area contributed by atoms with E-state index in [0.717, 1.165) is 22.3 Å². The Labute approximate surface area is 415 Å². The summed E-state index contributed by atoms with van der Waals surface area (Å²) in [6.07, 6.45) is -11.5. The van der Waals surface area contributed by atoms with Gasteiger partial charge in [0.2, 0.25) is 0 Å². The summed E-state index contributed by atoms with van der Waals surface area (Å²) in [5.74, 6) is -1.15. The van der Waals surface area contributed by atoms with Gasteiger partial charge in [-0.15, -0.1) is 0 Å². The summed E-state index contributed by atoms with van der Waals surface area (Å²) in [6, 6.07) is 55.8. The number of carbonyl (C=O) groups is 2. The first-order chi connectivity index (χ1) is 34.8. The molecule has 13 nitrogen and oxygen atoms in total. The van der Waals surface area contributed by atoms with E-state index in [9.17, 15) is 14.7 Å². The molecule has 2 aliphatic rings. The number of hydrogen-bond acceptors (Lipinski definition) is 13. The molecule has 6 unspecified atom stereocenters. The highest BCUT2D eigenvalue weighted by atomic mass is 16.8. The van der Waals surface area contributed by atoms with Crippen LogP contribution in [0, 0.1) is 5.92 Å². The van der Waals surface area contributed by atoms with Crippen LogP contribution >= 0.6 is 0 Å². The monoisotopic (exact) mass is 966 g/mol. The second-order valence-corrected chi connectivity index (χ2v) is 17.9. The molecule has 10 atom stereocenters. The molecule has 372 valence electrons. The predicted molar refractivity (Wildman–Crippen MR) is 263 cm³/mol. The Bertz CT molecular complexity index is 2470. The summed E-state index contributed by atoms with van der Waals surface area (Å²) in [4.78, 5) is 27.7. The van der Waals surface area contributed by atoms with Crippen molar-refractivity contribution < 1.29 is 62.1 Å². The lowest BCUT2D eigenvalue weighted by atomic mass is 9.95. The van der Waals surface area contributed by atoms with E-state index in [1.807, 2.05) is 141 Å². The van der Waals surface area contributed by atoms with Crippen LogP contribution in [-0.2, 0) is 73.8 Å². The van der Waals surface area contributed by atoms with Crippen molar-refractivity contribution in [2.24, 2.45) is 5.92 Å². The number of benzene rings is 6. The minimum atomic E-state index is -1.53. The molecule has 0 amide bonds. The van der Waals surface area contributed by atoms with Gasteiger partial charge in [0, 0.05) is 6.61 Å². The first kappa shape index (κ1) is 51.3. The number of aliphatic hydroxyl groups is 1. The molecule has 2 aliphatic heterocycles. The van der Waals surface area contributed by atoms with Gasteiger partial charge in [-0.2, -0.15) is 0 Å². The molecule has 0 saturated carbocycles. The van der Waals surface area contributed by atoms with Gasteiger partial charge in [0.1, 0.15) is 49.3 Å². The molecule has 0 aromatic heterocycles. The van der Waals surface area contributed by atoms with Crippen molar-refractivity contribution in [3.8, 4) is 0 Å². The summed E-state index contributed by atoms with van der Waals surface area (Å²) in [5, 5.41) is 11.8. The standard InChI is InChI=1S/C58H62O13/c1-40(2)33-63-51-50(48(39-67-55(59)45-29-17-7-18-30-45)68-57(61)53(51)65-36-43-25-13-5-14-26-43)71-58-54(66-37-44-27-15-6-16-28-44)52(64-35-42-23-11-4-12-24-42)49(70-56(60)46-31-19-8-20-32-46)47(69-58)38-62-34-41-21-9-3-10-22-41/h3-32,40,47-54,57-58,61H,33-39H2,1-2H3/t47?,48?,49-,50-,51?,52?,53?,54?,57-,58+/m0/s1. The predicted octanol–water partition coefficient (Wildman–Crippen LogP) is 8.91. The molecule has 0 radical (unpaired) electrons. The Kier molecular flexibility index (Phi) is 19.0. The highest BCUT2D eigenvalue weighted by molar-refractivity contribution is 5.89. The van der Waals surface area contributed by atoms with Gasteiger partial charge in [0.05, 0.1) is 44.2 Å². The number of hydrogen-bond donors (Lipinski definition) is 1. The van der Waals surface area contributed by atoms with Gasteiger partial charge in [-0.1, -0.05) is 172 Å². The van der Waals surface area contributed by atoms with Crippen LogP contribution in [-0.4, -0.2) is 98.3 Å². The maximum Gasteiger partial charge on any atom is 0.338 e. The third-order valence-corrected chi connectivity index (χ3v) is 12.0. The molecule has 8 rings (SSSR count). The molecule has 2 fully saturated rings. The first-order valence-electron chi connectivity index (χ1n) is 24.1. The summed E-state index contributed by atoms with van der Waals surface area (Å²) >= 11 is 0. The second kappa shape index (κ2) is 26.4. The van der Waals surface area contributed by atoms with Crippen LogP contribution in [0.15, 0.2) is 182 Å². The Morgan fingerprint density at radius 1 is 0.465 bits per heavy atom. The van der Waals surface area contributed by atoms with E-state index >= 15 is 0 Å². The van der Waals surface area contributed by atoms with Gasteiger partial charge in [-0.25, -0.2) is 9.59 Å². The molecular formula is C58H62O13. The fraction of sp³-hybridized carbons (Fsp3) is 0.345. The Hall–Kier alpha value is -6.10. The molecule has 71 heavy (non-hydrogen) atoms. The largest absolute Gasteiger partial charge is 0.459 e. The highest BCUT2D eigenvalue weighted by Gasteiger charge is 2.55. The topological polar surface area (TPSA) is 147 Å². The molecule has 2 saturated heterocycles. The molecule has 6 aromatic carbocycles. The van der Waals surface area contributed by atoms with Gasteiger partial charge in [0.15, 0.2) is 18.7 Å². The lowest BCUT2D eigenvalue weighted by Gasteiger charge is -2.49. The van der Waals surface area contributed by atoms with Gasteiger partial charge >= 0.3 is 11.9 Å². The summed E-state index contributed by atoms with van der Waals surface area (Å²) in [7, 11) is 0. The number of esters is 2. The van der Waals surface area contributed by atoms with Gasteiger partial charge in [-0.05, 0) is 52.4 Å². The number of aliphatic hydroxyl groups excluding tert-OH is 1. The third-order valence-electron chi connectivity index (χ3n) is 12.0. The normalized spacial score (nSPS) is 24.3. The fourth-order valence-electron chi connectivity index (χ4n) is 8.40. The molecular weight excluding hydrogens is 905 g/mol. The van der Waals surface area contributed by atoms with E-state index in [4.69, 9.17) is 47.4 Å². The van der Waals surface area contributed by atoms with Crippen LogP contribution in [0.3, 0.4) is 0 Å². The van der Waals surface area contributed by atoms with Crippen molar-refractivity contribution in [1.82, 2.24) is 0 Å². The highest BCUT2D eigenvalue weighted by Crippen LogP contribution is 2.36. The zero-order valence-corrected chi connectivity index (χ0v) is 40.0. The summed E-state index contributed by atoms with van der Waals surface area (Å²) in [6.45, 7) is 4.38. The average Bonchev–Trinajstić information content (AvgIpc) is 3.41. The zero-order valence-electron chi connectivity index (χ0n) is 40.0. The minimum absolute atomic E-state index is 0.0506. The van der Waals surface area contributed by atoms with Crippen LogP contribution in [0.4, 0.5) is 0 Å². The SMILES string of the molecule is CC(C)COC1C(OCc2ccccc2)[C@@H](O)OC(COC(=O)c2ccccc2)[C@@H]1O[C@H]1OC(COCc2ccccc2)[C@H](OC(=O)c2ccccc2)C(OCc2ccccc2)C1OCc1ccccc1. The van der Waals surface area contributed by atoms with Crippen LogP contribution in [0.2, 0.25) is 0 Å². The molecule has 0 aliphatic carbocycles. The van der Waals surface area contributed by atoms with Crippen molar-refractivity contribution in [2.75, 3.05) is 19.8 Å². The molecule has 0 spiro atoms. The maximum absolute atomic E-state index is 14.2. The van der Waals surface area contributed by atoms with E-state index in [1.54, 1.807) is 54.6 Å². The van der Waals surface area contributed by atoms with Gasteiger partial charge < -0.3 is 52.5 Å². The molecule has 0 bridgehead atoms. The Morgan fingerprint density at radius 3 is 1.39 bits per heavy atom. The number of carbonyl (C=O) groups excluding carboxylic acids is 2. The van der Waals surface area contributed by atoms with Crippen molar-refractivity contribution in [2.45, 2.75) is 102 Å². The average molecular weight is 967 g/mol. The lowest BCUT2D eigenvalue weighted by Crippen LogP contribution is -2.66. The van der Waals surface area contributed by atoms with Crippen molar-refractivity contribution in [3.63, 3.8) is 0 Å². The smallest absolute Gasteiger partial charge is 0.338 e. The van der Waals surface area contributed by atoms with Gasteiger partial charge in [0.25, 0.3) is 0 Å². The zero-order chi connectivity index (χ0) is 49.2. The van der Waals surface area contributed by atoms with E-state index < -0.39 is 73.4 Å². The molecule has 13 heteroatoms. The quantitative estimate of drug-likeness (QED) is 0.0611. The first-order valence-corrected chi connectivity index (χ1v) is 24.1.